The lowest BCUT2D eigenvalue weighted by Crippen LogP contribution is -2.31. The van der Waals surface area contributed by atoms with Crippen LogP contribution in [0.2, 0.25) is 0 Å². The molecule has 1 saturated carbocycles. The van der Waals surface area contributed by atoms with Gasteiger partial charge in [0.25, 0.3) is 0 Å². The van der Waals surface area contributed by atoms with Crippen LogP contribution in [0.15, 0.2) is 0 Å². The van der Waals surface area contributed by atoms with E-state index in [9.17, 15) is 9.90 Å². The average molecular weight is 265 g/mol. The maximum absolute atomic E-state index is 11.3. The highest BCUT2D eigenvalue weighted by molar-refractivity contribution is 5.94. The van der Waals surface area contributed by atoms with Crippen molar-refractivity contribution in [3.8, 4) is 0 Å². The van der Waals surface area contributed by atoms with E-state index in [1.807, 2.05) is 0 Å². The molecule has 1 aromatic rings. The summed E-state index contributed by atoms with van der Waals surface area (Å²) in [5, 5.41) is 16.9. The molecular formula is C14H23N3O2. The van der Waals surface area contributed by atoms with Crippen molar-refractivity contribution in [2.24, 2.45) is 18.9 Å². The van der Waals surface area contributed by atoms with Gasteiger partial charge < -0.3 is 10.4 Å². The fourth-order valence-electron chi connectivity index (χ4n) is 2.95. The van der Waals surface area contributed by atoms with Crippen molar-refractivity contribution in [3.63, 3.8) is 0 Å². The van der Waals surface area contributed by atoms with E-state index < -0.39 is 5.97 Å². The van der Waals surface area contributed by atoms with Crippen LogP contribution in [0.1, 0.15) is 49.2 Å². The Labute approximate surface area is 114 Å². The second-order valence-electron chi connectivity index (χ2n) is 5.85. The Kier molecular flexibility index (Phi) is 3.83. The minimum atomic E-state index is -0.912. The molecule has 1 aliphatic rings. The third-order valence-electron chi connectivity index (χ3n) is 4.38. The van der Waals surface area contributed by atoms with Gasteiger partial charge >= 0.3 is 5.97 Å². The molecule has 1 fully saturated rings. The predicted octanol–water partition coefficient (Wildman–Crippen LogP) is 2.66. The molecule has 5 heteroatoms. The first-order valence-corrected chi connectivity index (χ1v) is 6.93. The van der Waals surface area contributed by atoms with Gasteiger partial charge in [0.2, 0.25) is 0 Å². The second-order valence-corrected chi connectivity index (χ2v) is 5.85. The number of rotatable bonds is 3. The van der Waals surface area contributed by atoms with Gasteiger partial charge in [-0.25, -0.2) is 4.79 Å². The Morgan fingerprint density at radius 2 is 2.05 bits per heavy atom. The summed E-state index contributed by atoms with van der Waals surface area (Å²) in [6.07, 6.45) is 3.37. The third-order valence-corrected chi connectivity index (χ3v) is 4.38. The van der Waals surface area contributed by atoms with E-state index in [4.69, 9.17) is 0 Å². The maximum Gasteiger partial charge on any atom is 0.341 e. The predicted molar refractivity (Wildman–Crippen MR) is 74.5 cm³/mol. The molecule has 1 aliphatic carbocycles. The lowest BCUT2D eigenvalue weighted by atomic mass is 9.79. The Balaban J connectivity index is 2.17. The van der Waals surface area contributed by atoms with E-state index in [1.165, 1.54) is 6.42 Å². The van der Waals surface area contributed by atoms with Gasteiger partial charge in [-0.05, 0) is 38.0 Å². The molecule has 0 bridgehead atoms. The number of carbonyl (C=O) groups is 1. The van der Waals surface area contributed by atoms with Crippen molar-refractivity contribution in [2.45, 2.75) is 46.1 Å². The summed E-state index contributed by atoms with van der Waals surface area (Å²) in [4.78, 5) is 11.3. The topological polar surface area (TPSA) is 67.2 Å². The Morgan fingerprint density at radius 3 is 2.63 bits per heavy atom. The maximum atomic E-state index is 11.3. The van der Waals surface area contributed by atoms with Gasteiger partial charge in [0.15, 0.2) is 0 Å². The van der Waals surface area contributed by atoms with Crippen LogP contribution < -0.4 is 5.32 Å². The average Bonchev–Trinajstić information content (AvgIpc) is 2.59. The van der Waals surface area contributed by atoms with Gasteiger partial charge in [-0.2, -0.15) is 5.10 Å². The van der Waals surface area contributed by atoms with Crippen molar-refractivity contribution in [3.05, 3.63) is 11.3 Å². The highest BCUT2D eigenvalue weighted by Gasteiger charge is 2.27. The number of aromatic nitrogens is 2. The number of carboxylic acid groups (broad SMARTS) is 1. The standard InChI is InChI=1S/C14H23N3O2/c1-8-5-6-11(7-9(8)2)15-13-12(14(18)19)10(3)16-17(13)4/h8-9,11,15H,5-7H2,1-4H3,(H,18,19). The Hall–Kier alpha value is -1.52. The van der Waals surface area contributed by atoms with Crippen LogP contribution in [0.5, 0.6) is 0 Å². The van der Waals surface area contributed by atoms with Crippen molar-refractivity contribution >= 4 is 11.8 Å². The molecule has 0 amide bonds. The van der Waals surface area contributed by atoms with E-state index in [-0.39, 0.29) is 0 Å². The molecule has 0 aliphatic heterocycles. The number of aryl methyl sites for hydroxylation is 2. The van der Waals surface area contributed by atoms with Gasteiger partial charge in [-0.15, -0.1) is 0 Å². The molecule has 3 unspecified atom stereocenters. The molecule has 5 nitrogen and oxygen atoms in total. The summed E-state index contributed by atoms with van der Waals surface area (Å²) in [6, 6.07) is 0.346. The Bertz CT molecular complexity index is 481. The fraction of sp³-hybridized carbons (Fsp3) is 0.714. The lowest BCUT2D eigenvalue weighted by molar-refractivity contribution is 0.0697. The molecular weight excluding hydrogens is 242 g/mol. The van der Waals surface area contributed by atoms with Gasteiger partial charge in [0.05, 0.1) is 5.69 Å². The van der Waals surface area contributed by atoms with Crippen molar-refractivity contribution in [1.29, 1.82) is 0 Å². The van der Waals surface area contributed by atoms with E-state index in [0.717, 1.165) is 18.8 Å². The van der Waals surface area contributed by atoms with Crippen LogP contribution in [0.3, 0.4) is 0 Å². The molecule has 2 rings (SSSR count). The second kappa shape index (κ2) is 5.23. The molecule has 0 aromatic carbocycles. The molecule has 0 radical (unpaired) electrons. The quantitative estimate of drug-likeness (QED) is 0.881. The molecule has 106 valence electrons. The zero-order valence-electron chi connectivity index (χ0n) is 12.1. The summed E-state index contributed by atoms with van der Waals surface area (Å²) in [5.41, 5.74) is 0.864. The molecule has 1 heterocycles. The van der Waals surface area contributed by atoms with Gasteiger partial charge in [0, 0.05) is 13.1 Å². The van der Waals surface area contributed by atoms with Gasteiger partial charge in [0.1, 0.15) is 11.4 Å². The van der Waals surface area contributed by atoms with Crippen LogP contribution in [0, 0.1) is 18.8 Å². The number of carboxylic acids is 1. The van der Waals surface area contributed by atoms with Crippen molar-refractivity contribution in [1.82, 2.24) is 9.78 Å². The summed E-state index contributed by atoms with van der Waals surface area (Å²) in [5.74, 6) is 1.15. The summed E-state index contributed by atoms with van der Waals surface area (Å²) in [7, 11) is 1.79. The third kappa shape index (κ3) is 2.74. The van der Waals surface area contributed by atoms with Gasteiger partial charge in [-0.1, -0.05) is 13.8 Å². The summed E-state index contributed by atoms with van der Waals surface area (Å²) < 4.78 is 1.64. The minimum absolute atomic E-state index is 0.300. The number of nitrogens with one attached hydrogen (secondary N) is 1. The van der Waals surface area contributed by atoms with Crippen LogP contribution in [-0.2, 0) is 7.05 Å². The zero-order chi connectivity index (χ0) is 14.2. The molecule has 0 saturated heterocycles. The lowest BCUT2D eigenvalue weighted by Gasteiger charge is -2.33. The first-order valence-electron chi connectivity index (χ1n) is 6.93. The van der Waals surface area contributed by atoms with Crippen LogP contribution >= 0.6 is 0 Å². The monoisotopic (exact) mass is 265 g/mol. The fourth-order valence-corrected chi connectivity index (χ4v) is 2.95. The molecule has 3 atom stereocenters. The van der Waals surface area contributed by atoms with Crippen LogP contribution in [0.25, 0.3) is 0 Å². The number of hydrogen-bond donors (Lipinski definition) is 2. The van der Waals surface area contributed by atoms with E-state index in [0.29, 0.717) is 29.0 Å². The van der Waals surface area contributed by atoms with Crippen molar-refractivity contribution in [2.75, 3.05) is 5.32 Å². The first kappa shape index (κ1) is 13.9. The normalized spacial score (nSPS) is 27.3. The molecule has 1 aromatic heterocycles. The SMILES string of the molecule is Cc1nn(C)c(NC2CCC(C)C(C)C2)c1C(=O)O. The molecule has 0 spiro atoms. The highest BCUT2D eigenvalue weighted by atomic mass is 16.4. The Morgan fingerprint density at radius 1 is 1.37 bits per heavy atom. The van der Waals surface area contributed by atoms with Crippen LogP contribution in [-0.4, -0.2) is 26.9 Å². The largest absolute Gasteiger partial charge is 0.477 e. The zero-order valence-corrected chi connectivity index (χ0v) is 12.1. The number of anilines is 1. The van der Waals surface area contributed by atoms with E-state index in [1.54, 1.807) is 18.7 Å². The molecule has 2 N–H and O–H groups in total. The first-order chi connectivity index (χ1) is 8.90. The number of hydrogen-bond acceptors (Lipinski definition) is 3. The highest BCUT2D eigenvalue weighted by Crippen LogP contribution is 2.32. The summed E-state index contributed by atoms with van der Waals surface area (Å²) >= 11 is 0. The molecule has 19 heavy (non-hydrogen) atoms. The summed E-state index contributed by atoms with van der Waals surface area (Å²) in [6.45, 7) is 6.29. The van der Waals surface area contributed by atoms with Crippen molar-refractivity contribution < 1.29 is 9.90 Å². The van der Waals surface area contributed by atoms with Crippen LogP contribution in [0.4, 0.5) is 5.82 Å². The van der Waals surface area contributed by atoms with E-state index in [2.05, 4.69) is 24.3 Å². The minimum Gasteiger partial charge on any atom is -0.477 e. The smallest absolute Gasteiger partial charge is 0.341 e. The number of nitrogens with zero attached hydrogens (tertiary/aromatic N) is 2. The van der Waals surface area contributed by atoms with E-state index >= 15 is 0 Å². The number of aromatic carboxylic acids is 1. The van der Waals surface area contributed by atoms with Gasteiger partial charge in [-0.3, -0.25) is 4.68 Å².